The van der Waals surface area contributed by atoms with Gasteiger partial charge in [0.15, 0.2) is 0 Å². The third-order valence-corrected chi connectivity index (χ3v) is 4.51. The summed E-state index contributed by atoms with van der Waals surface area (Å²) in [6.45, 7) is 3.99. The number of nitro groups is 1. The summed E-state index contributed by atoms with van der Waals surface area (Å²) in [7, 11) is 0. The van der Waals surface area contributed by atoms with Crippen LogP contribution in [0.25, 0.3) is 0 Å². The van der Waals surface area contributed by atoms with Gasteiger partial charge < -0.3 is 5.32 Å². The Kier molecular flexibility index (Phi) is 2.68. The number of hydrogen-bond acceptors (Lipinski definition) is 7. The van der Waals surface area contributed by atoms with E-state index in [2.05, 4.69) is 25.9 Å². The van der Waals surface area contributed by atoms with Crippen LogP contribution in [0.3, 0.4) is 0 Å². The number of nitro benzene ring substituents is 1. The van der Waals surface area contributed by atoms with Gasteiger partial charge in [-0.2, -0.15) is 15.2 Å². The molecule has 118 valence electrons. The summed E-state index contributed by atoms with van der Waals surface area (Å²) in [6, 6.07) is 6.43. The zero-order valence-corrected chi connectivity index (χ0v) is 12.6. The van der Waals surface area contributed by atoms with Crippen LogP contribution in [0, 0.1) is 16.0 Å². The lowest BCUT2D eigenvalue weighted by atomic mass is 9.80. The van der Waals surface area contributed by atoms with Crippen molar-refractivity contribution in [2.24, 2.45) is 11.0 Å². The highest BCUT2D eigenvalue weighted by molar-refractivity contribution is 5.89. The Morgan fingerprint density at radius 2 is 2.09 bits per heavy atom. The van der Waals surface area contributed by atoms with E-state index in [1.807, 2.05) is 13.8 Å². The molecule has 2 aromatic rings. The first-order valence-electron chi connectivity index (χ1n) is 7.23. The van der Waals surface area contributed by atoms with Crippen LogP contribution in [0.2, 0.25) is 0 Å². The van der Waals surface area contributed by atoms with E-state index in [1.54, 1.807) is 16.8 Å². The first-order chi connectivity index (χ1) is 11.0. The molecule has 0 fully saturated rings. The van der Waals surface area contributed by atoms with Crippen molar-refractivity contribution in [3.8, 4) is 0 Å². The Bertz CT molecular complexity index is 813. The summed E-state index contributed by atoms with van der Waals surface area (Å²) in [6.07, 6.45) is 1.50. The van der Waals surface area contributed by atoms with Crippen LogP contribution in [-0.2, 0) is 0 Å². The molecule has 0 saturated carbocycles. The highest BCUT2D eigenvalue weighted by atomic mass is 16.6. The summed E-state index contributed by atoms with van der Waals surface area (Å²) in [4.78, 5) is 14.7. The Morgan fingerprint density at radius 1 is 1.35 bits per heavy atom. The maximum Gasteiger partial charge on any atom is 0.269 e. The van der Waals surface area contributed by atoms with Crippen molar-refractivity contribution in [3.05, 3.63) is 46.3 Å². The molecule has 3 heterocycles. The Balaban J connectivity index is 1.84. The van der Waals surface area contributed by atoms with Crippen molar-refractivity contribution in [1.82, 2.24) is 20.2 Å². The standard InChI is InChI=1S/C14H15N7O2/c1-8-11-12(9-3-5-10(6-4-9)21(22)23)20-13(15-7-16-20)17-14(11,2)19-18-8/h3-7,11-12,19H,1-2H3,(H,15,16,17)/t11-,12-,14+/m0/s1. The number of nitrogens with zero attached hydrogens (tertiary/aromatic N) is 5. The van der Waals surface area contributed by atoms with Gasteiger partial charge in [0, 0.05) is 17.8 Å². The molecule has 0 saturated heterocycles. The summed E-state index contributed by atoms with van der Waals surface area (Å²) < 4.78 is 1.81. The van der Waals surface area contributed by atoms with E-state index in [9.17, 15) is 10.1 Å². The molecule has 2 aliphatic heterocycles. The number of hydrogen-bond donors (Lipinski definition) is 2. The predicted molar refractivity (Wildman–Crippen MR) is 83.0 cm³/mol. The molecule has 2 N–H and O–H groups in total. The molecule has 0 radical (unpaired) electrons. The molecule has 0 aliphatic carbocycles. The lowest BCUT2D eigenvalue weighted by molar-refractivity contribution is -0.384. The number of nitrogens with one attached hydrogen (secondary N) is 2. The van der Waals surface area contributed by atoms with Crippen LogP contribution >= 0.6 is 0 Å². The Morgan fingerprint density at radius 3 is 2.78 bits per heavy atom. The van der Waals surface area contributed by atoms with Crippen LogP contribution < -0.4 is 10.7 Å². The second-order valence-corrected chi connectivity index (χ2v) is 5.99. The van der Waals surface area contributed by atoms with Crippen molar-refractivity contribution >= 4 is 17.3 Å². The smallest absolute Gasteiger partial charge is 0.269 e. The first kappa shape index (κ1) is 13.7. The van der Waals surface area contributed by atoms with E-state index in [0.717, 1.165) is 11.3 Å². The van der Waals surface area contributed by atoms with E-state index >= 15 is 0 Å². The molecule has 0 amide bonds. The van der Waals surface area contributed by atoms with Gasteiger partial charge in [0.2, 0.25) is 5.95 Å². The molecule has 1 aromatic heterocycles. The molecule has 3 atom stereocenters. The van der Waals surface area contributed by atoms with Gasteiger partial charge in [0.05, 0.1) is 16.9 Å². The molecule has 23 heavy (non-hydrogen) atoms. The van der Waals surface area contributed by atoms with Gasteiger partial charge >= 0.3 is 0 Å². The first-order valence-corrected chi connectivity index (χ1v) is 7.23. The fourth-order valence-electron chi connectivity index (χ4n) is 3.45. The van der Waals surface area contributed by atoms with Gasteiger partial charge in [-0.05, 0) is 19.4 Å². The third-order valence-electron chi connectivity index (χ3n) is 4.51. The largest absolute Gasteiger partial charge is 0.330 e. The highest BCUT2D eigenvalue weighted by Gasteiger charge is 2.51. The van der Waals surface area contributed by atoms with Crippen LogP contribution in [0.5, 0.6) is 0 Å². The molecule has 4 rings (SSSR count). The maximum absolute atomic E-state index is 10.9. The maximum atomic E-state index is 10.9. The lowest BCUT2D eigenvalue weighted by Crippen LogP contribution is -2.57. The quantitative estimate of drug-likeness (QED) is 0.642. The number of benzene rings is 1. The summed E-state index contributed by atoms with van der Waals surface area (Å²) in [5.41, 5.74) is 4.61. The molecule has 9 heteroatoms. The molecule has 2 aliphatic rings. The fraction of sp³-hybridized carbons (Fsp3) is 0.357. The molecular weight excluding hydrogens is 298 g/mol. The second-order valence-electron chi connectivity index (χ2n) is 5.99. The lowest BCUT2D eigenvalue weighted by Gasteiger charge is -2.42. The normalized spacial score (nSPS) is 28.2. The number of hydrazone groups is 1. The number of fused-ring (bicyclic) bond motifs is 2. The van der Waals surface area contributed by atoms with E-state index in [-0.39, 0.29) is 17.6 Å². The zero-order valence-electron chi connectivity index (χ0n) is 12.6. The van der Waals surface area contributed by atoms with Crippen molar-refractivity contribution in [3.63, 3.8) is 0 Å². The van der Waals surface area contributed by atoms with Gasteiger partial charge in [-0.1, -0.05) is 12.1 Å². The van der Waals surface area contributed by atoms with Crippen LogP contribution in [0.15, 0.2) is 35.7 Å². The van der Waals surface area contributed by atoms with Gasteiger partial charge in [-0.25, -0.2) is 4.68 Å². The van der Waals surface area contributed by atoms with Crippen molar-refractivity contribution in [2.75, 3.05) is 5.32 Å². The molecule has 1 aromatic carbocycles. The number of aromatic nitrogens is 3. The zero-order chi connectivity index (χ0) is 16.2. The number of rotatable bonds is 2. The fourth-order valence-corrected chi connectivity index (χ4v) is 3.45. The van der Waals surface area contributed by atoms with E-state index in [0.29, 0.717) is 5.95 Å². The molecular formula is C14H15N7O2. The highest BCUT2D eigenvalue weighted by Crippen LogP contribution is 2.43. The van der Waals surface area contributed by atoms with Crippen LogP contribution in [-0.4, -0.2) is 31.1 Å². The number of anilines is 1. The van der Waals surface area contributed by atoms with Crippen molar-refractivity contribution in [1.29, 1.82) is 0 Å². The van der Waals surface area contributed by atoms with E-state index in [1.165, 1.54) is 18.5 Å². The monoisotopic (exact) mass is 313 g/mol. The minimum absolute atomic E-state index is 0.0122. The predicted octanol–water partition coefficient (Wildman–Crippen LogP) is 1.51. The molecule has 0 spiro atoms. The molecule has 0 unspecified atom stereocenters. The van der Waals surface area contributed by atoms with Crippen LogP contribution in [0.1, 0.15) is 25.5 Å². The number of non-ortho nitro benzene ring substituents is 1. The summed E-state index contributed by atoms with van der Waals surface area (Å²) >= 11 is 0. The SMILES string of the molecule is CC1=NN[C@@]2(C)Nc3ncnn3[C@@H](c3ccc([N+](=O)[O-])cc3)[C@H]12. The van der Waals surface area contributed by atoms with Crippen molar-refractivity contribution < 1.29 is 4.92 Å². The second kappa shape index (κ2) is 4.51. The van der Waals surface area contributed by atoms with E-state index < -0.39 is 10.6 Å². The van der Waals surface area contributed by atoms with Gasteiger partial charge in [0.1, 0.15) is 12.0 Å². The Labute approximate surface area is 131 Å². The third kappa shape index (κ3) is 1.89. The topological polar surface area (TPSA) is 110 Å². The van der Waals surface area contributed by atoms with Gasteiger partial charge in [-0.3, -0.25) is 15.5 Å². The minimum atomic E-state index is -0.473. The van der Waals surface area contributed by atoms with E-state index in [4.69, 9.17) is 0 Å². The average molecular weight is 313 g/mol. The van der Waals surface area contributed by atoms with Gasteiger partial charge in [0.25, 0.3) is 5.69 Å². The minimum Gasteiger partial charge on any atom is -0.330 e. The summed E-state index contributed by atoms with van der Waals surface area (Å²) in [5, 5.41) is 22.9. The van der Waals surface area contributed by atoms with Gasteiger partial charge in [-0.15, -0.1) is 0 Å². The molecule has 0 bridgehead atoms. The average Bonchev–Trinajstić information content (AvgIpc) is 3.09. The molecule has 9 nitrogen and oxygen atoms in total. The Hall–Kier alpha value is -2.97. The van der Waals surface area contributed by atoms with Crippen LogP contribution in [0.4, 0.5) is 11.6 Å². The van der Waals surface area contributed by atoms with Crippen molar-refractivity contribution in [2.45, 2.75) is 25.6 Å². The summed E-state index contributed by atoms with van der Waals surface area (Å²) in [5.74, 6) is 0.655.